The van der Waals surface area contributed by atoms with Crippen molar-refractivity contribution in [1.29, 1.82) is 0 Å². The fraction of sp³-hybridized carbons (Fsp3) is 0.409. The zero-order valence-corrected chi connectivity index (χ0v) is 18.5. The minimum atomic E-state index is -1.25. The monoisotopic (exact) mass is 477 g/mol. The van der Waals surface area contributed by atoms with Gasteiger partial charge in [0.15, 0.2) is 5.69 Å². The first-order valence-electron chi connectivity index (χ1n) is 10.7. The predicted molar refractivity (Wildman–Crippen MR) is 114 cm³/mol. The highest BCUT2D eigenvalue weighted by molar-refractivity contribution is 5.98. The van der Waals surface area contributed by atoms with Gasteiger partial charge in [0, 0.05) is 37.3 Å². The van der Waals surface area contributed by atoms with Crippen molar-refractivity contribution in [2.45, 2.75) is 38.8 Å². The summed E-state index contributed by atoms with van der Waals surface area (Å²) in [4.78, 5) is 51.4. The Morgan fingerprint density at radius 2 is 1.85 bits per heavy atom. The molecule has 1 saturated heterocycles. The van der Waals surface area contributed by atoms with E-state index in [4.69, 9.17) is 4.52 Å². The van der Waals surface area contributed by atoms with Gasteiger partial charge in [0.25, 0.3) is 5.91 Å². The topological polar surface area (TPSA) is 134 Å². The molecule has 34 heavy (non-hydrogen) atoms. The van der Waals surface area contributed by atoms with Gasteiger partial charge in [-0.15, -0.1) is 0 Å². The van der Waals surface area contributed by atoms with Gasteiger partial charge in [-0.3, -0.25) is 19.2 Å². The summed E-state index contributed by atoms with van der Waals surface area (Å²) in [6.07, 6.45) is 1.43. The molecule has 12 heteroatoms. The van der Waals surface area contributed by atoms with Crippen LogP contribution in [0.1, 0.15) is 41.1 Å². The van der Waals surface area contributed by atoms with Crippen molar-refractivity contribution in [3.05, 3.63) is 52.9 Å². The van der Waals surface area contributed by atoms with E-state index in [-0.39, 0.29) is 30.1 Å². The van der Waals surface area contributed by atoms with Crippen LogP contribution in [0.5, 0.6) is 0 Å². The third-order valence-electron chi connectivity index (χ3n) is 5.23. The molecule has 1 aliphatic heterocycles. The Labute approximate surface area is 194 Å². The summed E-state index contributed by atoms with van der Waals surface area (Å²) >= 11 is 0. The molecule has 1 aromatic carbocycles. The van der Waals surface area contributed by atoms with E-state index in [0.29, 0.717) is 24.9 Å². The maximum atomic E-state index is 13.7. The second-order valence-corrected chi connectivity index (χ2v) is 7.87. The first-order valence-corrected chi connectivity index (χ1v) is 10.7. The Hall–Kier alpha value is -3.83. The quantitative estimate of drug-likeness (QED) is 0.489. The molecule has 4 amide bonds. The number of nitrogens with zero attached hydrogens (tertiary/aromatic N) is 2. The summed E-state index contributed by atoms with van der Waals surface area (Å²) in [6, 6.07) is 3.09. The Balaban J connectivity index is 1.57. The predicted octanol–water partition coefficient (Wildman–Crippen LogP) is 0.805. The van der Waals surface area contributed by atoms with Crippen molar-refractivity contribution in [2.24, 2.45) is 0 Å². The SMILES string of the molecule is Cc1cc(C(=O)N[C@@H](CC(=O)N2CCCC2)C(=O)NCC(=O)NCc2ccc(F)cc2F)no1. The largest absolute Gasteiger partial charge is 0.361 e. The highest BCUT2D eigenvalue weighted by Gasteiger charge is 2.29. The van der Waals surface area contributed by atoms with Gasteiger partial charge in [0.05, 0.1) is 13.0 Å². The number of halogens is 2. The maximum Gasteiger partial charge on any atom is 0.274 e. The van der Waals surface area contributed by atoms with Gasteiger partial charge in [-0.2, -0.15) is 0 Å². The van der Waals surface area contributed by atoms with Crippen LogP contribution < -0.4 is 16.0 Å². The molecule has 3 N–H and O–H groups in total. The van der Waals surface area contributed by atoms with Gasteiger partial charge in [-0.05, 0) is 25.8 Å². The number of nitrogens with one attached hydrogen (secondary N) is 3. The molecular weight excluding hydrogens is 452 g/mol. The normalized spacial score (nSPS) is 13.9. The number of amides is 4. The molecule has 1 aliphatic rings. The van der Waals surface area contributed by atoms with E-state index in [0.717, 1.165) is 18.9 Å². The van der Waals surface area contributed by atoms with Crippen molar-refractivity contribution in [1.82, 2.24) is 26.0 Å². The standard InChI is InChI=1S/C22H25F2N5O5/c1-13-8-18(28-34-13)22(33)27-17(10-20(31)29-6-2-3-7-29)21(32)26-12-19(30)25-11-14-4-5-15(23)9-16(14)24/h4-5,8-9,17H,2-3,6-7,10-12H2,1H3,(H,25,30)(H,26,32)(H,27,33)/t17-/m0/s1. The highest BCUT2D eigenvalue weighted by atomic mass is 19.1. The molecule has 10 nitrogen and oxygen atoms in total. The van der Waals surface area contributed by atoms with E-state index < -0.39 is 41.9 Å². The molecule has 1 fully saturated rings. The van der Waals surface area contributed by atoms with Crippen LogP contribution >= 0.6 is 0 Å². The summed E-state index contributed by atoms with van der Waals surface area (Å²) in [7, 11) is 0. The zero-order valence-electron chi connectivity index (χ0n) is 18.5. The second-order valence-electron chi connectivity index (χ2n) is 7.87. The fourth-order valence-electron chi connectivity index (χ4n) is 3.40. The molecule has 2 heterocycles. The molecular formula is C22H25F2N5O5. The minimum Gasteiger partial charge on any atom is -0.361 e. The smallest absolute Gasteiger partial charge is 0.274 e. The van der Waals surface area contributed by atoms with E-state index in [9.17, 15) is 28.0 Å². The fourth-order valence-corrected chi connectivity index (χ4v) is 3.40. The molecule has 1 aromatic heterocycles. The maximum absolute atomic E-state index is 13.7. The minimum absolute atomic E-state index is 0.0528. The lowest BCUT2D eigenvalue weighted by Gasteiger charge is -2.21. The van der Waals surface area contributed by atoms with Gasteiger partial charge >= 0.3 is 0 Å². The van der Waals surface area contributed by atoms with E-state index >= 15 is 0 Å². The lowest BCUT2D eigenvalue weighted by molar-refractivity contribution is -0.134. The van der Waals surface area contributed by atoms with Crippen LogP contribution in [0.2, 0.25) is 0 Å². The number of carbonyl (C=O) groups is 4. The van der Waals surface area contributed by atoms with E-state index in [1.54, 1.807) is 11.8 Å². The van der Waals surface area contributed by atoms with Crippen LogP contribution in [0, 0.1) is 18.6 Å². The van der Waals surface area contributed by atoms with Crippen LogP contribution in [-0.2, 0) is 20.9 Å². The lowest BCUT2D eigenvalue weighted by atomic mass is 10.1. The van der Waals surface area contributed by atoms with E-state index in [1.165, 1.54) is 12.1 Å². The molecule has 2 aromatic rings. The van der Waals surface area contributed by atoms with Crippen LogP contribution in [-0.4, -0.2) is 59.4 Å². The molecule has 0 bridgehead atoms. The van der Waals surface area contributed by atoms with E-state index in [2.05, 4.69) is 21.1 Å². The van der Waals surface area contributed by atoms with Crippen molar-refractivity contribution in [3.63, 3.8) is 0 Å². The van der Waals surface area contributed by atoms with Gasteiger partial charge in [-0.25, -0.2) is 8.78 Å². The summed E-state index contributed by atoms with van der Waals surface area (Å²) in [6.45, 7) is 2.06. The van der Waals surface area contributed by atoms with E-state index in [1.807, 2.05) is 0 Å². The molecule has 0 radical (unpaired) electrons. The van der Waals surface area contributed by atoms with Crippen molar-refractivity contribution in [2.75, 3.05) is 19.6 Å². The average Bonchev–Trinajstić information content (AvgIpc) is 3.48. The van der Waals surface area contributed by atoms with Crippen LogP contribution in [0.4, 0.5) is 8.78 Å². The van der Waals surface area contributed by atoms with Crippen molar-refractivity contribution < 1.29 is 32.5 Å². The molecule has 0 saturated carbocycles. The zero-order chi connectivity index (χ0) is 24.7. The number of carbonyl (C=O) groups excluding carboxylic acids is 4. The number of likely N-dealkylation sites (tertiary alicyclic amines) is 1. The molecule has 0 spiro atoms. The van der Waals surface area contributed by atoms with Gasteiger partial charge in [0.1, 0.15) is 23.4 Å². The summed E-state index contributed by atoms with van der Waals surface area (Å²) in [5, 5.41) is 10.8. The number of hydrogen-bond acceptors (Lipinski definition) is 6. The van der Waals surface area contributed by atoms with Gasteiger partial charge < -0.3 is 25.4 Å². The molecule has 1 atom stereocenters. The molecule has 3 rings (SSSR count). The van der Waals surface area contributed by atoms with Crippen LogP contribution in [0.25, 0.3) is 0 Å². The lowest BCUT2D eigenvalue weighted by Crippen LogP contribution is -2.51. The van der Waals surface area contributed by atoms with Gasteiger partial charge in [0.2, 0.25) is 17.7 Å². The third kappa shape index (κ3) is 6.83. The Bertz CT molecular complexity index is 1070. The number of aromatic nitrogens is 1. The number of aryl methyl sites for hydroxylation is 1. The summed E-state index contributed by atoms with van der Waals surface area (Å²) in [5.74, 6) is -3.54. The summed E-state index contributed by atoms with van der Waals surface area (Å²) in [5.41, 5.74) is 0.0216. The van der Waals surface area contributed by atoms with Gasteiger partial charge in [-0.1, -0.05) is 11.2 Å². The van der Waals surface area contributed by atoms with Crippen molar-refractivity contribution >= 4 is 23.6 Å². The first kappa shape index (κ1) is 24.8. The number of rotatable bonds is 9. The average molecular weight is 477 g/mol. The Morgan fingerprint density at radius 1 is 1.12 bits per heavy atom. The molecule has 0 unspecified atom stereocenters. The number of benzene rings is 1. The first-order chi connectivity index (χ1) is 16.2. The van der Waals surface area contributed by atoms with Crippen LogP contribution in [0.3, 0.4) is 0 Å². The molecule has 0 aliphatic carbocycles. The number of hydrogen-bond donors (Lipinski definition) is 3. The second kappa shape index (κ2) is 11.3. The highest BCUT2D eigenvalue weighted by Crippen LogP contribution is 2.11. The van der Waals surface area contributed by atoms with Crippen LogP contribution in [0.15, 0.2) is 28.8 Å². The Kier molecular flexibility index (Phi) is 8.28. The molecule has 182 valence electrons. The third-order valence-corrected chi connectivity index (χ3v) is 5.23. The summed E-state index contributed by atoms with van der Waals surface area (Å²) < 4.78 is 31.5. The Morgan fingerprint density at radius 3 is 2.50 bits per heavy atom. The van der Waals surface area contributed by atoms with Crippen molar-refractivity contribution in [3.8, 4) is 0 Å².